The van der Waals surface area contributed by atoms with Crippen LogP contribution in [0.15, 0.2) is 59.0 Å². The van der Waals surface area contributed by atoms with Gasteiger partial charge in [-0.3, -0.25) is 4.79 Å². The summed E-state index contributed by atoms with van der Waals surface area (Å²) in [5.41, 5.74) is 0.0450. The Morgan fingerprint density at radius 1 is 1.12 bits per heavy atom. The molecule has 3 aromatic rings. The number of aliphatic hydroxyl groups is 1. The van der Waals surface area contributed by atoms with Crippen molar-refractivity contribution in [3.8, 4) is 0 Å². The summed E-state index contributed by atoms with van der Waals surface area (Å²) in [7, 11) is 0. The summed E-state index contributed by atoms with van der Waals surface area (Å²) in [6.07, 6.45) is -5.56. The van der Waals surface area contributed by atoms with Gasteiger partial charge >= 0.3 is 6.18 Å². The van der Waals surface area contributed by atoms with E-state index in [4.69, 9.17) is 4.42 Å². The topological polar surface area (TPSA) is 62.5 Å². The summed E-state index contributed by atoms with van der Waals surface area (Å²) < 4.78 is 43.0. The van der Waals surface area contributed by atoms with Crippen LogP contribution in [0.1, 0.15) is 27.8 Å². The average Bonchev–Trinajstić information content (AvgIpc) is 3.03. The van der Waals surface area contributed by atoms with Crippen LogP contribution in [0.4, 0.5) is 13.2 Å². The van der Waals surface area contributed by atoms with Crippen LogP contribution < -0.4 is 5.32 Å². The highest BCUT2D eigenvalue weighted by atomic mass is 19.4. The zero-order chi connectivity index (χ0) is 18.0. The van der Waals surface area contributed by atoms with Gasteiger partial charge < -0.3 is 14.8 Å². The predicted molar refractivity (Wildman–Crippen MR) is 85.0 cm³/mol. The minimum Gasteiger partial charge on any atom is -0.451 e. The van der Waals surface area contributed by atoms with Crippen molar-refractivity contribution >= 4 is 16.9 Å². The van der Waals surface area contributed by atoms with Crippen molar-refractivity contribution < 1.29 is 27.5 Å². The molecule has 1 unspecified atom stereocenters. The first kappa shape index (κ1) is 17.0. The number of fused-ring (bicyclic) bond motifs is 1. The fourth-order valence-corrected chi connectivity index (χ4v) is 2.38. The molecule has 0 spiro atoms. The van der Waals surface area contributed by atoms with Gasteiger partial charge in [-0.2, -0.15) is 13.2 Å². The highest BCUT2D eigenvalue weighted by Crippen LogP contribution is 2.29. The number of halogens is 3. The third kappa shape index (κ3) is 3.83. The zero-order valence-electron chi connectivity index (χ0n) is 12.9. The van der Waals surface area contributed by atoms with Gasteiger partial charge in [0.15, 0.2) is 5.76 Å². The van der Waals surface area contributed by atoms with E-state index in [0.717, 1.165) is 17.5 Å². The number of nitrogens with one attached hydrogen (secondary N) is 1. The molecule has 2 N–H and O–H groups in total. The largest absolute Gasteiger partial charge is 0.451 e. The van der Waals surface area contributed by atoms with Gasteiger partial charge in [0.1, 0.15) is 5.58 Å². The molecule has 130 valence electrons. The molecule has 1 atom stereocenters. The van der Waals surface area contributed by atoms with Crippen LogP contribution >= 0.6 is 0 Å². The Bertz CT molecular complexity index is 851. The maximum absolute atomic E-state index is 12.5. The monoisotopic (exact) mass is 349 g/mol. The van der Waals surface area contributed by atoms with Crippen molar-refractivity contribution in [2.24, 2.45) is 0 Å². The standard InChI is InChI=1S/C18H14F3NO3/c19-18(20,21)13-7-5-11(6-8-13)14(23)10-22-17(24)16-9-12-3-1-2-4-15(12)25-16/h1-9,14,23H,10H2,(H,22,24). The molecule has 0 aliphatic carbocycles. The Balaban J connectivity index is 1.63. The van der Waals surface area contributed by atoms with Crippen molar-refractivity contribution in [2.75, 3.05) is 6.54 Å². The van der Waals surface area contributed by atoms with Gasteiger partial charge in [0.05, 0.1) is 11.7 Å². The maximum atomic E-state index is 12.5. The second kappa shape index (κ2) is 6.60. The number of rotatable bonds is 4. The molecule has 4 nitrogen and oxygen atoms in total. The van der Waals surface area contributed by atoms with E-state index in [-0.39, 0.29) is 17.9 Å². The molecular formula is C18H14F3NO3. The number of amides is 1. The van der Waals surface area contributed by atoms with E-state index >= 15 is 0 Å². The summed E-state index contributed by atoms with van der Waals surface area (Å²) in [5, 5.41) is 13.3. The van der Waals surface area contributed by atoms with Crippen molar-refractivity contribution in [3.05, 3.63) is 71.5 Å². The predicted octanol–water partition coefficient (Wildman–Crippen LogP) is 3.92. The molecule has 2 aromatic carbocycles. The lowest BCUT2D eigenvalue weighted by Crippen LogP contribution is -2.28. The molecule has 0 fully saturated rings. The number of aliphatic hydroxyl groups excluding tert-OH is 1. The van der Waals surface area contributed by atoms with E-state index < -0.39 is 23.8 Å². The molecule has 0 aliphatic heterocycles. The summed E-state index contributed by atoms with van der Waals surface area (Å²) in [6.45, 7) is -0.152. The third-order valence-corrected chi connectivity index (χ3v) is 3.73. The molecule has 3 rings (SSSR count). The Morgan fingerprint density at radius 2 is 1.80 bits per heavy atom. The van der Waals surface area contributed by atoms with E-state index in [2.05, 4.69) is 5.32 Å². The van der Waals surface area contributed by atoms with E-state index in [9.17, 15) is 23.1 Å². The minimum atomic E-state index is -4.43. The van der Waals surface area contributed by atoms with Gasteiger partial charge in [-0.05, 0) is 29.8 Å². The van der Waals surface area contributed by atoms with E-state index in [1.165, 1.54) is 12.1 Å². The van der Waals surface area contributed by atoms with Crippen molar-refractivity contribution in [2.45, 2.75) is 12.3 Å². The van der Waals surface area contributed by atoms with E-state index in [1.54, 1.807) is 24.3 Å². The number of alkyl halides is 3. The molecule has 0 aliphatic rings. The summed E-state index contributed by atoms with van der Waals surface area (Å²) in [6, 6.07) is 12.8. The first-order chi connectivity index (χ1) is 11.8. The van der Waals surface area contributed by atoms with Crippen molar-refractivity contribution in [1.29, 1.82) is 0 Å². The quantitative estimate of drug-likeness (QED) is 0.751. The highest BCUT2D eigenvalue weighted by molar-refractivity contribution is 5.96. The lowest BCUT2D eigenvalue weighted by atomic mass is 10.1. The van der Waals surface area contributed by atoms with Gasteiger partial charge in [-0.25, -0.2) is 0 Å². The van der Waals surface area contributed by atoms with Gasteiger partial charge in [0.25, 0.3) is 5.91 Å². The van der Waals surface area contributed by atoms with Gasteiger partial charge in [0, 0.05) is 11.9 Å². The Morgan fingerprint density at radius 3 is 2.44 bits per heavy atom. The highest BCUT2D eigenvalue weighted by Gasteiger charge is 2.30. The number of hydrogen-bond donors (Lipinski definition) is 2. The first-order valence-corrected chi connectivity index (χ1v) is 7.46. The van der Waals surface area contributed by atoms with Gasteiger partial charge in [-0.15, -0.1) is 0 Å². The SMILES string of the molecule is O=C(NCC(O)c1ccc(C(F)(F)F)cc1)c1cc2ccccc2o1. The van der Waals surface area contributed by atoms with Crippen LogP contribution in [0.25, 0.3) is 11.0 Å². The lowest BCUT2D eigenvalue weighted by Gasteiger charge is -2.13. The van der Waals surface area contributed by atoms with Crippen LogP contribution in [-0.4, -0.2) is 17.6 Å². The molecule has 1 heterocycles. The average molecular weight is 349 g/mol. The molecule has 25 heavy (non-hydrogen) atoms. The number of carbonyl (C=O) groups is 1. The van der Waals surface area contributed by atoms with Crippen LogP contribution in [-0.2, 0) is 6.18 Å². The number of hydrogen-bond acceptors (Lipinski definition) is 3. The summed E-state index contributed by atoms with van der Waals surface area (Å²) in [4.78, 5) is 12.1. The Labute approximate surface area is 140 Å². The molecule has 7 heteroatoms. The fraction of sp³-hybridized carbons (Fsp3) is 0.167. The molecule has 0 radical (unpaired) electrons. The van der Waals surface area contributed by atoms with E-state index in [0.29, 0.717) is 5.58 Å². The molecule has 0 saturated heterocycles. The van der Waals surface area contributed by atoms with Crippen LogP contribution in [0.5, 0.6) is 0 Å². The third-order valence-electron chi connectivity index (χ3n) is 3.73. The summed E-state index contributed by atoms with van der Waals surface area (Å²) >= 11 is 0. The van der Waals surface area contributed by atoms with Crippen LogP contribution in [0.3, 0.4) is 0 Å². The zero-order valence-corrected chi connectivity index (χ0v) is 12.9. The Hall–Kier alpha value is -2.80. The maximum Gasteiger partial charge on any atom is 0.416 e. The van der Waals surface area contributed by atoms with Crippen molar-refractivity contribution in [3.63, 3.8) is 0 Å². The number of para-hydroxylation sites is 1. The number of furan rings is 1. The molecular weight excluding hydrogens is 335 g/mol. The number of benzene rings is 2. The lowest BCUT2D eigenvalue weighted by molar-refractivity contribution is -0.137. The van der Waals surface area contributed by atoms with Crippen LogP contribution in [0.2, 0.25) is 0 Å². The van der Waals surface area contributed by atoms with Crippen LogP contribution in [0, 0.1) is 0 Å². The number of carbonyl (C=O) groups excluding carboxylic acids is 1. The second-order valence-corrected chi connectivity index (χ2v) is 5.49. The summed E-state index contributed by atoms with van der Waals surface area (Å²) in [5.74, 6) is -0.414. The smallest absolute Gasteiger partial charge is 0.416 e. The van der Waals surface area contributed by atoms with Gasteiger partial charge in [0.2, 0.25) is 0 Å². The molecule has 0 saturated carbocycles. The molecule has 0 bridgehead atoms. The fourth-order valence-electron chi connectivity index (χ4n) is 2.38. The minimum absolute atomic E-state index is 0.0980. The second-order valence-electron chi connectivity index (χ2n) is 5.49. The molecule has 1 aromatic heterocycles. The molecule has 1 amide bonds. The first-order valence-electron chi connectivity index (χ1n) is 7.46. The van der Waals surface area contributed by atoms with E-state index in [1.807, 2.05) is 6.07 Å². The van der Waals surface area contributed by atoms with Crippen molar-refractivity contribution in [1.82, 2.24) is 5.32 Å². The van der Waals surface area contributed by atoms with Gasteiger partial charge in [-0.1, -0.05) is 30.3 Å². The normalized spacial score (nSPS) is 13.0. The Kier molecular flexibility index (Phi) is 4.50.